The van der Waals surface area contributed by atoms with Gasteiger partial charge in [0, 0.05) is 17.1 Å². The summed E-state index contributed by atoms with van der Waals surface area (Å²) >= 11 is 0. The minimum Gasteiger partial charge on any atom is -0.494 e. The van der Waals surface area contributed by atoms with Crippen LogP contribution in [-0.4, -0.2) is 21.2 Å². The van der Waals surface area contributed by atoms with E-state index in [1.54, 1.807) is 0 Å². The van der Waals surface area contributed by atoms with Gasteiger partial charge in [0.25, 0.3) is 9.05 Å². The maximum absolute atomic E-state index is 11.9. The lowest BCUT2D eigenvalue weighted by Crippen LogP contribution is -2.09. The third kappa shape index (κ3) is 5.69. The number of ether oxygens (including phenoxy) is 1. The van der Waals surface area contributed by atoms with Gasteiger partial charge in [-0.15, -0.1) is 0 Å². The molecule has 1 rings (SSSR count). The molecule has 0 N–H and O–H groups in total. The lowest BCUT2D eigenvalue weighted by molar-refractivity contribution is -0.136. The Balaban J connectivity index is 2.60. The minimum atomic E-state index is -4.20. The molecular formula is C11H12ClF3O3S. The predicted molar refractivity (Wildman–Crippen MR) is 65.0 cm³/mol. The van der Waals surface area contributed by atoms with Crippen molar-refractivity contribution in [1.29, 1.82) is 0 Å². The molecule has 0 spiro atoms. The van der Waals surface area contributed by atoms with E-state index in [-0.39, 0.29) is 17.9 Å². The van der Waals surface area contributed by atoms with Crippen molar-refractivity contribution in [1.82, 2.24) is 0 Å². The number of hydrogen-bond acceptors (Lipinski definition) is 3. The number of halogens is 4. The molecule has 0 aliphatic heterocycles. The highest BCUT2D eigenvalue weighted by Gasteiger charge is 2.26. The Morgan fingerprint density at radius 2 is 1.95 bits per heavy atom. The van der Waals surface area contributed by atoms with E-state index in [1.165, 1.54) is 25.1 Å². The molecule has 0 atom stereocenters. The van der Waals surface area contributed by atoms with Gasteiger partial charge in [-0.25, -0.2) is 8.42 Å². The first kappa shape index (κ1) is 16.1. The van der Waals surface area contributed by atoms with Crippen molar-refractivity contribution in [3.63, 3.8) is 0 Å². The van der Waals surface area contributed by atoms with Crippen LogP contribution < -0.4 is 4.74 Å². The Kier molecular flexibility index (Phi) is 5.09. The summed E-state index contributed by atoms with van der Waals surface area (Å²) in [6.45, 7) is 1.43. The summed E-state index contributed by atoms with van der Waals surface area (Å²) < 4.78 is 63.1. The molecule has 0 heterocycles. The SMILES string of the molecule is Cc1cc(OCCCC(F)(F)F)ccc1S(=O)(=O)Cl. The molecule has 0 fully saturated rings. The van der Waals surface area contributed by atoms with Crippen molar-refractivity contribution in [2.45, 2.75) is 30.8 Å². The highest BCUT2D eigenvalue weighted by atomic mass is 35.7. The lowest BCUT2D eigenvalue weighted by Gasteiger charge is -2.09. The average molecular weight is 317 g/mol. The fourth-order valence-corrected chi connectivity index (χ4v) is 2.64. The zero-order valence-electron chi connectivity index (χ0n) is 10.00. The van der Waals surface area contributed by atoms with E-state index in [2.05, 4.69) is 0 Å². The van der Waals surface area contributed by atoms with E-state index in [0.717, 1.165) is 0 Å². The van der Waals surface area contributed by atoms with Gasteiger partial charge in [0.2, 0.25) is 0 Å². The number of hydrogen-bond donors (Lipinski definition) is 0. The van der Waals surface area contributed by atoms with Crippen LogP contribution in [0.25, 0.3) is 0 Å². The second-order valence-corrected chi connectivity index (χ2v) is 6.47. The fourth-order valence-electron chi connectivity index (χ4n) is 1.45. The second kappa shape index (κ2) is 6.00. The van der Waals surface area contributed by atoms with Gasteiger partial charge in [-0.2, -0.15) is 13.2 Å². The summed E-state index contributed by atoms with van der Waals surface area (Å²) in [4.78, 5) is -0.0446. The Labute approximate surface area is 113 Å². The van der Waals surface area contributed by atoms with Gasteiger partial charge >= 0.3 is 6.18 Å². The highest BCUT2D eigenvalue weighted by molar-refractivity contribution is 8.13. The van der Waals surface area contributed by atoms with Crippen LogP contribution in [0.15, 0.2) is 23.1 Å². The molecule has 3 nitrogen and oxygen atoms in total. The van der Waals surface area contributed by atoms with Gasteiger partial charge in [-0.3, -0.25) is 0 Å². The quantitative estimate of drug-likeness (QED) is 0.615. The normalized spacial score (nSPS) is 12.5. The number of benzene rings is 1. The molecule has 8 heteroatoms. The third-order valence-corrected chi connectivity index (χ3v) is 3.76. The minimum absolute atomic E-state index is 0.0446. The summed E-state index contributed by atoms with van der Waals surface area (Å²) in [7, 11) is 1.37. The second-order valence-electron chi connectivity index (χ2n) is 3.93. The Hall–Kier alpha value is -0.950. The molecule has 1 aromatic carbocycles. The Morgan fingerprint density at radius 3 is 2.42 bits per heavy atom. The molecule has 0 saturated heterocycles. The Morgan fingerprint density at radius 1 is 1.32 bits per heavy atom. The molecule has 0 unspecified atom stereocenters. The number of rotatable bonds is 5. The van der Waals surface area contributed by atoms with Crippen molar-refractivity contribution in [2.24, 2.45) is 0 Å². The van der Waals surface area contributed by atoms with Crippen molar-refractivity contribution < 1.29 is 26.3 Å². The maximum Gasteiger partial charge on any atom is 0.389 e. The molecule has 0 aromatic heterocycles. The molecule has 0 amide bonds. The smallest absolute Gasteiger partial charge is 0.389 e. The average Bonchev–Trinajstić information content (AvgIpc) is 2.21. The number of aryl methyl sites for hydroxylation is 1. The molecule has 0 aliphatic carbocycles. The first-order valence-corrected chi connectivity index (χ1v) is 7.65. The molecule has 0 bridgehead atoms. The molecule has 108 valence electrons. The van der Waals surface area contributed by atoms with Crippen LogP contribution in [0.2, 0.25) is 0 Å². The zero-order chi connectivity index (χ0) is 14.7. The first-order valence-electron chi connectivity index (χ1n) is 5.34. The van der Waals surface area contributed by atoms with Crippen molar-refractivity contribution >= 4 is 19.7 Å². The van der Waals surface area contributed by atoms with Crippen LogP contribution in [0.4, 0.5) is 13.2 Å². The standard InChI is InChI=1S/C11H12ClF3O3S/c1-8-7-9(3-4-10(8)19(12,16)17)18-6-2-5-11(13,14)15/h3-4,7H,2,5-6H2,1H3. The summed E-state index contributed by atoms with van der Waals surface area (Å²) in [5.74, 6) is 0.309. The van der Waals surface area contributed by atoms with E-state index in [0.29, 0.717) is 11.3 Å². The molecule has 0 saturated carbocycles. The predicted octanol–water partition coefficient (Wildman–Crippen LogP) is 3.64. The van der Waals surface area contributed by atoms with Gasteiger partial charge in [0.05, 0.1) is 11.5 Å². The van der Waals surface area contributed by atoms with E-state index in [1.807, 2.05) is 0 Å². The lowest BCUT2D eigenvalue weighted by atomic mass is 10.2. The first-order chi connectivity index (χ1) is 8.59. The van der Waals surface area contributed by atoms with E-state index in [9.17, 15) is 21.6 Å². The maximum atomic E-state index is 11.9. The van der Waals surface area contributed by atoms with Crippen molar-refractivity contribution in [3.05, 3.63) is 23.8 Å². The zero-order valence-corrected chi connectivity index (χ0v) is 11.6. The monoisotopic (exact) mass is 316 g/mol. The van der Waals surface area contributed by atoms with Crippen LogP contribution in [-0.2, 0) is 9.05 Å². The largest absolute Gasteiger partial charge is 0.494 e. The van der Waals surface area contributed by atoms with Crippen LogP contribution in [0.5, 0.6) is 5.75 Å². The van der Waals surface area contributed by atoms with E-state index < -0.39 is 21.6 Å². The van der Waals surface area contributed by atoms with Gasteiger partial charge in [0.1, 0.15) is 5.75 Å². The fraction of sp³-hybridized carbons (Fsp3) is 0.455. The Bertz CT molecular complexity index is 541. The van der Waals surface area contributed by atoms with E-state index in [4.69, 9.17) is 15.4 Å². The van der Waals surface area contributed by atoms with Gasteiger partial charge in [-0.05, 0) is 37.1 Å². The molecule has 1 aromatic rings. The molecular weight excluding hydrogens is 305 g/mol. The van der Waals surface area contributed by atoms with Crippen molar-refractivity contribution in [2.75, 3.05) is 6.61 Å². The molecule has 0 aliphatic rings. The van der Waals surface area contributed by atoms with Crippen LogP contribution in [0.3, 0.4) is 0 Å². The molecule has 19 heavy (non-hydrogen) atoms. The van der Waals surface area contributed by atoms with Gasteiger partial charge in [-0.1, -0.05) is 0 Å². The summed E-state index contributed by atoms with van der Waals surface area (Å²) in [6.07, 6.45) is -5.27. The third-order valence-electron chi connectivity index (χ3n) is 2.28. The van der Waals surface area contributed by atoms with Gasteiger partial charge in [0.15, 0.2) is 0 Å². The van der Waals surface area contributed by atoms with Gasteiger partial charge < -0.3 is 4.74 Å². The molecule has 0 radical (unpaired) electrons. The van der Waals surface area contributed by atoms with Crippen LogP contribution in [0.1, 0.15) is 18.4 Å². The van der Waals surface area contributed by atoms with Crippen LogP contribution >= 0.6 is 10.7 Å². The summed E-state index contributed by atoms with van der Waals surface area (Å²) in [5.41, 5.74) is 0.378. The summed E-state index contributed by atoms with van der Waals surface area (Å²) in [5, 5.41) is 0. The summed E-state index contributed by atoms with van der Waals surface area (Å²) in [6, 6.07) is 4.04. The topological polar surface area (TPSA) is 43.4 Å². The van der Waals surface area contributed by atoms with Crippen molar-refractivity contribution in [3.8, 4) is 5.75 Å². The van der Waals surface area contributed by atoms with E-state index >= 15 is 0 Å². The number of alkyl halides is 3. The van der Waals surface area contributed by atoms with Crippen LogP contribution in [0, 0.1) is 6.92 Å². The highest BCUT2D eigenvalue weighted by Crippen LogP contribution is 2.25.